The largest absolute Gasteiger partial charge is 0.355 e. The van der Waals surface area contributed by atoms with Gasteiger partial charge in [-0.3, -0.25) is 10.00 Å². The third kappa shape index (κ3) is 3.99. The summed E-state index contributed by atoms with van der Waals surface area (Å²) in [5, 5.41) is 12.7. The number of aromatic nitrogens is 4. The molecule has 3 N–H and O–H groups in total. The molecule has 1 aliphatic rings. The summed E-state index contributed by atoms with van der Waals surface area (Å²) in [6, 6.07) is 20.0. The fourth-order valence-corrected chi connectivity index (χ4v) is 4.55. The Morgan fingerprint density at radius 3 is 2.83 bits per heavy atom. The van der Waals surface area contributed by atoms with Gasteiger partial charge >= 0.3 is 6.03 Å². The monoisotopic (exact) mass is 463 g/mol. The topological polar surface area (TPSA) is 92.9 Å². The van der Waals surface area contributed by atoms with Crippen molar-refractivity contribution in [3.05, 3.63) is 84.8 Å². The van der Waals surface area contributed by atoms with Crippen molar-refractivity contribution < 1.29 is 4.79 Å². The molecule has 0 atom stereocenters. The molecular weight excluding hydrogens is 438 g/mol. The van der Waals surface area contributed by atoms with Crippen LogP contribution in [0.1, 0.15) is 12.1 Å². The zero-order valence-electron chi connectivity index (χ0n) is 19.3. The van der Waals surface area contributed by atoms with E-state index in [1.165, 1.54) is 5.57 Å². The molecule has 0 unspecified atom stereocenters. The SMILES string of the molecule is CN(C(=O)N1CC=C(c2cc3c(Nc4ccc5[nH]ncc5c4)ccnc3[nH]2)CC1)c1ccccc1. The predicted molar refractivity (Wildman–Crippen MR) is 140 cm³/mol. The highest BCUT2D eigenvalue weighted by Crippen LogP contribution is 2.31. The predicted octanol–water partition coefficient (Wildman–Crippen LogP) is 5.53. The Labute approximate surface area is 202 Å². The minimum absolute atomic E-state index is 0.00545. The third-order valence-corrected chi connectivity index (χ3v) is 6.51. The molecule has 8 nitrogen and oxygen atoms in total. The normalized spacial score (nSPS) is 13.7. The van der Waals surface area contributed by atoms with Crippen molar-refractivity contribution in [2.75, 3.05) is 30.4 Å². The van der Waals surface area contributed by atoms with Crippen molar-refractivity contribution in [3.8, 4) is 0 Å². The van der Waals surface area contributed by atoms with Gasteiger partial charge in [0.1, 0.15) is 5.65 Å². The summed E-state index contributed by atoms with van der Waals surface area (Å²) in [7, 11) is 1.82. The van der Waals surface area contributed by atoms with Gasteiger partial charge in [-0.05, 0) is 54.5 Å². The van der Waals surface area contributed by atoms with E-state index in [9.17, 15) is 4.79 Å². The van der Waals surface area contributed by atoms with Gasteiger partial charge in [-0.15, -0.1) is 0 Å². The van der Waals surface area contributed by atoms with Gasteiger partial charge in [0, 0.05) is 54.2 Å². The van der Waals surface area contributed by atoms with E-state index in [2.05, 4.69) is 43.7 Å². The average molecular weight is 464 g/mol. The first kappa shape index (κ1) is 21.0. The first-order valence-electron chi connectivity index (χ1n) is 11.6. The number of anilines is 3. The Balaban J connectivity index is 1.21. The number of carbonyl (C=O) groups excluding carboxylic acids is 1. The molecule has 0 radical (unpaired) electrons. The number of carbonyl (C=O) groups is 1. The number of rotatable bonds is 4. The number of H-pyrrole nitrogens is 2. The van der Waals surface area contributed by atoms with E-state index in [4.69, 9.17) is 0 Å². The lowest BCUT2D eigenvalue weighted by Gasteiger charge is -2.30. The maximum Gasteiger partial charge on any atom is 0.324 e. The van der Waals surface area contributed by atoms with Gasteiger partial charge < -0.3 is 15.2 Å². The number of urea groups is 1. The van der Waals surface area contributed by atoms with Crippen molar-refractivity contribution in [3.63, 3.8) is 0 Å². The molecule has 4 heterocycles. The number of para-hydroxylation sites is 1. The number of amides is 2. The van der Waals surface area contributed by atoms with E-state index in [-0.39, 0.29) is 6.03 Å². The molecule has 0 saturated carbocycles. The first-order chi connectivity index (χ1) is 17.2. The number of hydrogen-bond acceptors (Lipinski definition) is 4. The van der Waals surface area contributed by atoms with Crippen LogP contribution in [-0.4, -0.2) is 51.2 Å². The molecule has 5 aromatic rings. The van der Waals surface area contributed by atoms with E-state index in [1.807, 2.05) is 66.7 Å². The molecule has 6 rings (SSSR count). The van der Waals surface area contributed by atoms with Crippen molar-refractivity contribution in [1.29, 1.82) is 0 Å². The second-order valence-corrected chi connectivity index (χ2v) is 8.70. The number of nitrogens with zero attached hydrogens (tertiary/aromatic N) is 4. The summed E-state index contributed by atoms with van der Waals surface area (Å²) < 4.78 is 0. The minimum atomic E-state index is 0.00545. The van der Waals surface area contributed by atoms with E-state index >= 15 is 0 Å². The number of aromatic amines is 2. The van der Waals surface area contributed by atoms with Crippen LogP contribution in [0, 0.1) is 0 Å². The lowest BCUT2D eigenvalue weighted by atomic mass is 10.0. The quantitative estimate of drug-likeness (QED) is 0.327. The Morgan fingerprint density at radius 1 is 1.11 bits per heavy atom. The Hall–Kier alpha value is -4.59. The van der Waals surface area contributed by atoms with Gasteiger partial charge in [0.15, 0.2) is 0 Å². The molecule has 0 aliphatic carbocycles. The fourth-order valence-electron chi connectivity index (χ4n) is 4.55. The highest BCUT2D eigenvalue weighted by molar-refractivity contribution is 5.95. The Bertz CT molecular complexity index is 1550. The average Bonchev–Trinajstić information content (AvgIpc) is 3.56. The molecule has 8 heteroatoms. The summed E-state index contributed by atoms with van der Waals surface area (Å²) in [5.74, 6) is 0. The highest BCUT2D eigenvalue weighted by atomic mass is 16.2. The zero-order valence-corrected chi connectivity index (χ0v) is 19.3. The molecule has 0 bridgehead atoms. The second kappa shape index (κ2) is 8.64. The van der Waals surface area contributed by atoms with Crippen LogP contribution in [-0.2, 0) is 0 Å². The van der Waals surface area contributed by atoms with Gasteiger partial charge in [-0.25, -0.2) is 9.78 Å². The van der Waals surface area contributed by atoms with Crippen LogP contribution in [0.15, 0.2) is 79.1 Å². The number of pyridine rings is 1. The maximum absolute atomic E-state index is 13.0. The molecule has 0 fully saturated rings. The van der Waals surface area contributed by atoms with Crippen molar-refractivity contribution in [2.24, 2.45) is 0 Å². The van der Waals surface area contributed by atoms with Crippen LogP contribution in [0.2, 0.25) is 0 Å². The summed E-state index contributed by atoms with van der Waals surface area (Å²) in [6.07, 6.45) is 6.53. The standard InChI is InChI=1S/C27H25N7O/c1-33(21-5-3-2-4-6-21)27(35)34-13-10-18(11-14-34)25-16-22-24(9-12-28-26(22)31-25)30-20-7-8-23-19(15-20)17-29-32-23/h2-10,12,15-17H,11,13-14H2,1H3,(H,29,32)(H2,28,30,31). The number of benzene rings is 2. The van der Waals surface area contributed by atoms with E-state index in [0.717, 1.165) is 51.1 Å². The number of nitrogens with one attached hydrogen (secondary N) is 3. The summed E-state index contributed by atoms with van der Waals surface area (Å²) in [4.78, 5) is 24.5. The minimum Gasteiger partial charge on any atom is -0.355 e. The van der Waals surface area contributed by atoms with Crippen LogP contribution in [0.25, 0.3) is 27.5 Å². The lowest BCUT2D eigenvalue weighted by Crippen LogP contribution is -2.43. The van der Waals surface area contributed by atoms with Crippen LogP contribution < -0.4 is 10.2 Å². The van der Waals surface area contributed by atoms with Gasteiger partial charge in [0.05, 0.1) is 17.4 Å². The van der Waals surface area contributed by atoms with Crippen molar-refractivity contribution in [1.82, 2.24) is 25.1 Å². The summed E-state index contributed by atoms with van der Waals surface area (Å²) in [5.41, 5.74) is 6.93. The van der Waals surface area contributed by atoms with E-state index < -0.39 is 0 Å². The molecule has 2 aromatic carbocycles. The molecule has 1 aliphatic heterocycles. The van der Waals surface area contributed by atoms with Gasteiger partial charge in [0.25, 0.3) is 0 Å². The van der Waals surface area contributed by atoms with Crippen molar-refractivity contribution >= 4 is 50.6 Å². The third-order valence-electron chi connectivity index (χ3n) is 6.51. The van der Waals surface area contributed by atoms with Gasteiger partial charge in [-0.2, -0.15) is 5.10 Å². The zero-order chi connectivity index (χ0) is 23.8. The molecule has 0 spiro atoms. The molecule has 35 heavy (non-hydrogen) atoms. The Kier molecular flexibility index (Phi) is 5.18. The van der Waals surface area contributed by atoms with Crippen LogP contribution in [0.3, 0.4) is 0 Å². The van der Waals surface area contributed by atoms with E-state index in [1.54, 1.807) is 11.1 Å². The molecule has 3 aromatic heterocycles. The lowest BCUT2D eigenvalue weighted by molar-refractivity contribution is 0.211. The molecule has 2 amide bonds. The smallest absolute Gasteiger partial charge is 0.324 e. The van der Waals surface area contributed by atoms with Crippen LogP contribution in [0.5, 0.6) is 0 Å². The van der Waals surface area contributed by atoms with Crippen LogP contribution >= 0.6 is 0 Å². The molecular formula is C27H25N7O. The number of hydrogen-bond donors (Lipinski definition) is 3. The highest BCUT2D eigenvalue weighted by Gasteiger charge is 2.22. The fraction of sp³-hybridized carbons (Fsp3) is 0.148. The van der Waals surface area contributed by atoms with Gasteiger partial charge in [-0.1, -0.05) is 24.3 Å². The molecule has 0 saturated heterocycles. The van der Waals surface area contributed by atoms with Gasteiger partial charge in [0.2, 0.25) is 0 Å². The molecule has 174 valence electrons. The van der Waals surface area contributed by atoms with E-state index in [0.29, 0.717) is 13.1 Å². The second-order valence-electron chi connectivity index (χ2n) is 8.70. The summed E-state index contributed by atoms with van der Waals surface area (Å²) in [6.45, 7) is 1.24. The van der Waals surface area contributed by atoms with Crippen LogP contribution in [0.4, 0.5) is 21.9 Å². The summed E-state index contributed by atoms with van der Waals surface area (Å²) >= 11 is 0. The maximum atomic E-state index is 13.0. The Morgan fingerprint density at radius 2 is 2.00 bits per heavy atom. The number of fused-ring (bicyclic) bond motifs is 2. The van der Waals surface area contributed by atoms with Crippen molar-refractivity contribution in [2.45, 2.75) is 6.42 Å². The first-order valence-corrected chi connectivity index (χ1v) is 11.6.